The average Bonchev–Trinajstić information content (AvgIpc) is 2.47. The molecule has 20 heavy (non-hydrogen) atoms. The number of benzene rings is 1. The molecule has 1 aromatic carbocycles. The first-order valence-electron chi connectivity index (χ1n) is 6.81. The summed E-state index contributed by atoms with van der Waals surface area (Å²) < 4.78 is 5.09. The molecule has 0 saturated heterocycles. The van der Waals surface area contributed by atoms with E-state index in [0.29, 0.717) is 23.7 Å². The third-order valence-electron chi connectivity index (χ3n) is 2.89. The van der Waals surface area contributed by atoms with Gasteiger partial charge >= 0.3 is 6.03 Å². The molecule has 0 heterocycles. The second-order valence-corrected chi connectivity index (χ2v) is 4.44. The van der Waals surface area contributed by atoms with E-state index >= 15 is 0 Å². The number of hydrogen-bond acceptors (Lipinski definition) is 4. The monoisotopic (exact) mass is 278 g/mol. The van der Waals surface area contributed by atoms with E-state index in [1.165, 1.54) is 12.8 Å². The Morgan fingerprint density at radius 1 is 1.35 bits per heavy atom. The SMILES string of the molecule is CCCCCCNC(=O)Nc1cc(OC)ccc1N=N. The van der Waals surface area contributed by atoms with Crippen LogP contribution in [0.1, 0.15) is 32.6 Å². The van der Waals surface area contributed by atoms with Gasteiger partial charge in [-0.1, -0.05) is 26.2 Å². The van der Waals surface area contributed by atoms with E-state index in [0.717, 1.165) is 12.8 Å². The van der Waals surface area contributed by atoms with Crippen molar-refractivity contribution >= 4 is 17.4 Å². The van der Waals surface area contributed by atoms with Crippen LogP contribution in [0, 0.1) is 5.53 Å². The number of rotatable bonds is 8. The molecule has 2 amide bonds. The van der Waals surface area contributed by atoms with E-state index in [1.807, 2.05) is 0 Å². The molecule has 1 rings (SSSR count). The number of methoxy groups -OCH3 is 1. The number of hydrogen-bond donors (Lipinski definition) is 3. The number of anilines is 1. The highest BCUT2D eigenvalue weighted by Crippen LogP contribution is 2.29. The van der Waals surface area contributed by atoms with Gasteiger partial charge < -0.3 is 15.4 Å². The predicted molar refractivity (Wildman–Crippen MR) is 79.0 cm³/mol. The topological polar surface area (TPSA) is 86.6 Å². The van der Waals surface area contributed by atoms with Crippen LogP contribution < -0.4 is 15.4 Å². The zero-order valence-electron chi connectivity index (χ0n) is 12.0. The first kappa shape index (κ1) is 15.9. The summed E-state index contributed by atoms with van der Waals surface area (Å²) in [5, 5.41) is 8.84. The van der Waals surface area contributed by atoms with Gasteiger partial charge in [-0.15, -0.1) is 0 Å². The van der Waals surface area contributed by atoms with E-state index in [-0.39, 0.29) is 6.03 Å². The van der Waals surface area contributed by atoms with Gasteiger partial charge in [0.25, 0.3) is 0 Å². The number of urea groups is 1. The molecule has 0 aromatic heterocycles. The zero-order chi connectivity index (χ0) is 14.8. The van der Waals surface area contributed by atoms with Crippen LogP contribution in [0.5, 0.6) is 5.75 Å². The lowest BCUT2D eigenvalue weighted by molar-refractivity contribution is 0.252. The summed E-state index contributed by atoms with van der Waals surface area (Å²) in [5.41, 5.74) is 7.94. The Hall–Kier alpha value is -2.11. The molecule has 0 saturated carbocycles. The van der Waals surface area contributed by atoms with Crippen molar-refractivity contribution in [2.45, 2.75) is 32.6 Å². The standard InChI is InChI=1S/C14H22N4O2/c1-3-4-5-6-9-16-14(19)17-13-10-11(20-2)7-8-12(13)18-15/h7-8,10,15H,3-6,9H2,1-2H3,(H2,16,17,19). The maximum Gasteiger partial charge on any atom is 0.319 e. The number of nitrogens with one attached hydrogen (secondary N) is 3. The van der Waals surface area contributed by atoms with Crippen LogP contribution in [0.2, 0.25) is 0 Å². The second kappa shape index (κ2) is 8.90. The summed E-state index contributed by atoms with van der Waals surface area (Å²) >= 11 is 0. The quantitative estimate of drug-likeness (QED) is 0.494. The van der Waals surface area contributed by atoms with E-state index in [9.17, 15) is 4.79 Å². The van der Waals surface area contributed by atoms with Gasteiger partial charge in [-0.05, 0) is 18.6 Å². The number of ether oxygens (including phenoxy) is 1. The van der Waals surface area contributed by atoms with Crippen molar-refractivity contribution in [2.75, 3.05) is 19.0 Å². The van der Waals surface area contributed by atoms with Crippen LogP contribution in [-0.4, -0.2) is 19.7 Å². The van der Waals surface area contributed by atoms with Crippen LogP contribution in [0.25, 0.3) is 0 Å². The number of unbranched alkanes of at least 4 members (excludes halogenated alkanes) is 3. The Labute approximate surface area is 119 Å². The lowest BCUT2D eigenvalue weighted by atomic mass is 10.2. The Kier molecular flexibility index (Phi) is 7.10. The molecule has 110 valence electrons. The van der Waals surface area contributed by atoms with E-state index in [4.69, 9.17) is 10.3 Å². The third-order valence-corrected chi connectivity index (χ3v) is 2.89. The number of carbonyl (C=O) groups is 1. The summed E-state index contributed by atoms with van der Waals surface area (Å²) in [6.07, 6.45) is 4.43. The van der Waals surface area contributed by atoms with Crippen molar-refractivity contribution < 1.29 is 9.53 Å². The fraction of sp³-hybridized carbons (Fsp3) is 0.500. The molecule has 0 unspecified atom stereocenters. The molecule has 1 aromatic rings. The summed E-state index contributed by atoms with van der Waals surface area (Å²) in [4.78, 5) is 11.7. The Balaban J connectivity index is 2.50. The average molecular weight is 278 g/mol. The fourth-order valence-electron chi connectivity index (χ4n) is 1.76. The van der Waals surface area contributed by atoms with Crippen molar-refractivity contribution in [3.63, 3.8) is 0 Å². The highest BCUT2D eigenvalue weighted by molar-refractivity contribution is 5.92. The molecule has 0 aliphatic carbocycles. The maximum atomic E-state index is 11.7. The minimum atomic E-state index is -0.292. The molecule has 0 aliphatic heterocycles. The molecule has 3 N–H and O–H groups in total. The molecule has 0 spiro atoms. The van der Waals surface area contributed by atoms with Gasteiger partial charge in [0.1, 0.15) is 11.4 Å². The lowest BCUT2D eigenvalue weighted by Crippen LogP contribution is -2.29. The van der Waals surface area contributed by atoms with Gasteiger partial charge in [0.2, 0.25) is 0 Å². The van der Waals surface area contributed by atoms with E-state index < -0.39 is 0 Å². The second-order valence-electron chi connectivity index (χ2n) is 4.44. The molecular formula is C14H22N4O2. The summed E-state index contributed by atoms with van der Waals surface area (Å²) in [5.74, 6) is 0.607. The normalized spacial score (nSPS) is 9.90. The predicted octanol–water partition coefficient (Wildman–Crippen LogP) is 4.06. The van der Waals surface area contributed by atoms with Crippen LogP contribution in [0.3, 0.4) is 0 Å². The smallest absolute Gasteiger partial charge is 0.319 e. The number of nitrogens with zero attached hydrogens (tertiary/aromatic N) is 1. The Morgan fingerprint density at radius 3 is 2.80 bits per heavy atom. The molecule has 0 fully saturated rings. The van der Waals surface area contributed by atoms with Crippen LogP contribution in [-0.2, 0) is 0 Å². The number of amides is 2. The maximum absolute atomic E-state index is 11.7. The molecule has 0 radical (unpaired) electrons. The lowest BCUT2D eigenvalue weighted by Gasteiger charge is -2.10. The first-order valence-corrected chi connectivity index (χ1v) is 6.81. The van der Waals surface area contributed by atoms with Crippen LogP contribution in [0.4, 0.5) is 16.2 Å². The van der Waals surface area contributed by atoms with Gasteiger partial charge in [0, 0.05) is 12.6 Å². The summed E-state index contributed by atoms with van der Waals surface area (Å²) in [6.45, 7) is 2.79. The fourth-order valence-corrected chi connectivity index (χ4v) is 1.76. The molecule has 0 atom stereocenters. The van der Waals surface area contributed by atoms with Gasteiger partial charge in [0.05, 0.1) is 12.8 Å². The van der Waals surface area contributed by atoms with Crippen LogP contribution >= 0.6 is 0 Å². The number of carbonyl (C=O) groups excluding carboxylic acids is 1. The first-order chi connectivity index (χ1) is 9.71. The van der Waals surface area contributed by atoms with Crippen molar-refractivity contribution in [3.8, 4) is 5.75 Å². The van der Waals surface area contributed by atoms with E-state index in [1.54, 1.807) is 25.3 Å². The minimum absolute atomic E-state index is 0.292. The molecule has 6 heteroatoms. The van der Waals surface area contributed by atoms with Gasteiger partial charge in [-0.2, -0.15) is 5.11 Å². The van der Waals surface area contributed by atoms with Crippen molar-refractivity contribution in [3.05, 3.63) is 18.2 Å². The Bertz CT molecular complexity index is 449. The van der Waals surface area contributed by atoms with Crippen molar-refractivity contribution in [1.29, 1.82) is 5.53 Å². The summed E-state index contributed by atoms with van der Waals surface area (Å²) in [6, 6.07) is 4.67. The van der Waals surface area contributed by atoms with Gasteiger partial charge in [-0.25, -0.2) is 10.3 Å². The molecule has 6 nitrogen and oxygen atoms in total. The van der Waals surface area contributed by atoms with Crippen molar-refractivity contribution in [2.24, 2.45) is 5.11 Å². The highest BCUT2D eigenvalue weighted by atomic mass is 16.5. The molecule has 0 aliphatic rings. The van der Waals surface area contributed by atoms with Crippen LogP contribution in [0.15, 0.2) is 23.3 Å². The molecule has 0 bridgehead atoms. The summed E-state index contributed by atoms with van der Waals surface area (Å²) in [7, 11) is 1.55. The zero-order valence-corrected chi connectivity index (χ0v) is 12.0. The van der Waals surface area contributed by atoms with Gasteiger partial charge in [0.15, 0.2) is 0 Å². The van der Waals surface area contributed by atoms with E-state index in [2.05, 4.69) is 22.7 Å². The molecular weight excluding hydrogens is 256 g/mol. The third kappa shape index (κ3) is 5.26. The van der Waals surface area contributed by atoms with Crippen molar-refractivity contribution in [1.82, 2.24) is 5.32 Å². The minimum Gasteiger partial charge on any atom is -0.497 e. The Morgan fingerprint density at radius 2 is 2.15 bits per heavy atom. The van der Waals surface area contributed by atoms with Gasteiger partial charge in [-0.3, -0.25) is 0 Å². The largest absolute Gasteiger partial charge is 0.497 e. The highest BCUT2D eigenvalue weighted by Gasteiger charge is 2.07.